The molecule has 0 aliphatic carbocycles. The molecule has 0 saturated carbocycles. The van der Waals surface area contributed by atoms with Crippen molar-refractivity contribution in [1.82, 2.24) is 14.7 Å². The molecular weight excluding hydrogens is 530 g/mol. The van der Waals surface area contributed by atoms with Gasteiger partial charge < -0.3 is 19.9 Å². The van der Waals surface area contributed by atoms with Crippen molar-refractivity contribution in [2.24, 2.45) is 0 Å². The second-order valence-electron chi connectivity index (χ2n) is 9.60. The lowest BCUT2D eigenvalue weighted by molar-refractivity contribution is -0.137. The fraction of sp³-hybridized carbons (Fsp3) is 0.480. The Hall–Kier alpha value is -3.12. The quantitative estimate of drug-likeness (QED) is 0.557. The summed E-state index contributed by atoms with van der Waals surface area (Å²) in [6, 6.07) is 1.72. The van der Waals surface area contributed by atoms with Crippen molar-refractivity contribution in [3.63, 3.8) is 0 Å². The second-order valence-corrected chi connectivity index (χ2v) is 9.98. The van der Waals surface area contributed by atoms with Crippen LogP contribution in [0.3, 0.4) is 0 Å². The normalized spacial score (nSPS) is 22.5. The van der Waals surface area contributed by atoms with E-state index in [-0.39, 0.29) is 29.6 Å². The number of alkyl halides is 3. The predicted octanol–water partition coefficient (Wildman–Crippen LogP) is 4.56. The summed E-state index contributed by atoms with van der Waals surface area (Å²) < 4.78 is 61.2. The number of rotatable bonds is 4. The van der Waals surface area contributed by atoms with E-state index < -0.39 is 35.4 Å². The van der Waals surface area contributed by atoms with Crippen LogP contribution in [0.2, 0.25) is 5.02 Å². The molecule has 1 aromatic carbocycles. The molecule has 2 unspecified atom stereocenters. The number of amides is 1. The minimum Gasteiger partial charge on any atom is -0.377 e. The predicted molar refractivity (Wildman–Crippen MR) is 132 cm³/mol. The molecule has 2 aromatic rings. The van der Waals surface area contributed by atoms with Gasteiger partial charge in [0.05, 0.1) is 36.5 Å². The van der Waals surface area contributed by atoms with Gasteiger partial charge in [0.15, 0.2) is 6.23 Å². The molecule has 3 aliphatic heterocycles. The number of carbonyl (C=O) groups excluding carboxylic acids is 1. The highest BCUT2D eigenvalue weighted by atomic mass is 35.5. The van der Waals surface area contributed by atoms with Crippen molar-refractivity contribution in [3.05, 3.63) is 62.4 Å². The largest absolute Gasteiger partial charge is 0.418 e. The van der Waals surface area contributed by atoms with E-state index in [9.17, 15) is 27.2 Å². The molecule has 1 amide bonds. The van der Waals surface area contributed by atoms with Gasteiger partial charge in [-0.05, 0) is 49.5 Å². The number of nitrogens with one attached hydrogen (secondary N) is 1. The molecular formula is C25H26ClF4N5O3. The molecule has 1 fully saturated rings. The fourth-order valence-corrected chi connectivity index (χ4v) is 5.48. The Bertz CT molecular complexity index is 1340. The average Bonchev–Trinajstić information content (AvgIpc) is 2.89. The number of halogens is 5. The molecule has 4 heterocycles. The van der Waals surface area contributed by atoms with Gasteiger partial charge in [0.25, 0.3) is 5.56 Å². The van der Waals surface area contributed by atoms with Gasteiger partial charge in [-0.25, -0.2) is 4.39 Å². The third-order valence-corrected chi connectivity index (χ3v) is 7.61. The van der Waals surface area contributed by atoms with E-state index in [1.54, 1.807) is 7.05 Å². The van der Waals surface area contributed by atoms with Crippen LogP contribution in [-0.4, -0.2) is 53.4 Å². The molecule has 1 N–H and O–H groups in total. The van der Waals surface area contributed by atoms with Crippen LogP contribution in [0.5, 0.6) is 0 Å². The van der Waals surface area contributed by atoms with E-state index in [1.165, 1.54) is 15.8 Å². The Morgan fingerprint density at radius 1 is 1.21 bits per heavy atom. The Morgan fingerprint density at radius 2 is 2.00 bits per heavy atom. The summed E-state index contributed by atoms with van der Waals surface area (Å²) in [5.41, 5.74) is -0.117. The van der Waals surface area contributed by atoms with Gasteiger partial charge in [-0.15, -0.1) is 0 Å². The standard InChI is InChI=1S/C25H26ClF4N5O3/c1-33-20-13-34(19-12-31-35(24(37)23(19)26)22-4-2-3-9-38-22)8-7-15(20)18(11-21(33)36)32-17-6-5-14(27)10-16(17)25(28,29)30/h5-6,10,12,18,22,32H,2-4,7-9,11,13H2,1H3. The zero-order chi connectivity index (χ0) is 27.2. The molecule has 3 aliphatic rings. The van der Waals surface area contributed by atoms with E-state index in [1.807, 2.05) is 4.90 Å². The number of hydrogen-bond donors (Lipinski definition) is 1. The molecule has 1 saturated heterocycles. The minimum atomic E-state index is -4.77. The fourth-order valence-electron chi connectivity index (χ4n) is 5.23. The molecule has 8 nitrogen and oxygen atoms in total. The van der Waals surface area contributed by atoms with Crippen LogP contribution in [0.4, 0.5) is 28.9 Å². The van der Waals surface area contributed by atoms with Gasteiger partial charge in [0.1, 0.15) is 10.8 Å². The lowest BCUT2D eigenvalue weighted by Gasteiger charge is -2.42. The first kappa shape index (κ1) is 26.5. The number of carbonyl (C=O) groups is 1. The van der Waals surface area contributed by atoms with Crippen molar-refractivity contribution < 1.29 is 27.1 Å². The first-order valence-corrected chi connectivity index (χ1v) is 12.7. The van der Waals surface area contributed by atoms with Crippen LogP contribution >= 0.6 is 11.6 Å². The van der Waals surface area contributed by atoms with Gasteiger partial charge in [0, 0.05) is 31.6 Å². The monoisotopic (exact) mass is 555 g/mol. The van der Waals surface area contributed by atoms with E-state index in [0.29, 0.717) is 43.4 Å². The summed E-state index contributed by atoms with van der Waals surface area (Å²) in [4.78, 5) is 29.1. The molecule has 13 heteroatoms. The van der Waals surface area contributed by atoms with Gasteiger partial charge in [-0.1, -0.05) is 11.6 Å². The number of ether oxygens (including phenoxy) is 1. The maximum absolute atomic E-state index is 13.6. The molecule has 204 valence electrons. The zero-order valence-electron chi connectivity index (χ0n) is 20.5. The van der Waals surface area contributed by atoms with Crippen molar-refractivity contribution in [3.8, 4) is 0 Å². The summed E-state index contributed by atoms with van der Waals surface area (Å²) in [6.45, 7) is 1.15. The van der Waals surface area contributed by atoms with Crippen molar-refractivity contribution >= 4 is 28.9 Å². The van der Waals surface area contributed by atoms with Crippen LogP contribution in [0.25, 0.3) is 0 Å². The molecule has 38 heavy (non-hydrogen) atoms. The molecule has 0 spiro atoms. The summed E-state index contributed by atoms with van der Waals surface area (Å²) in [6.07, 6.45) is -0.895. The number of anilines is 2. The maximum Gasteiger partial charge on any atom is 0.418 e. The first-order chi connectivity index (χ1) is 18.0. The highest BCUT2D eigenvalue weighted by Crippen LogP contribution is 2.39. The van der Waals surface area contributed by atoms with Crippen LogP contribution < -0.4 is 15.8 Å². The van der Waals surface area contributed by atoms with E-state index in [4.69, 9.17) is 16.3 Å². The maximum atomic E-state index is 13.6. The highest BCUT2D eigenvalue weighted by molar-refractivity contribution is 6.33. The van der Waals surface area contributed by atoms with E-state index in [0.717, 1.165) is 30.5 Å². The smallest absolute Gasteiger partial charge is 0.377 e. The summed E-state index contributed by atoms with van der Waals surface area (Å²) in [5.74, 6) is -1.29. The topological polar surface area (TPSA) is 79.7 Å². The third kappa shape index (κ3) is 4.98. The zero-order valence-corrected chi connectivity index (χ0v) is 21.3. The third-order valence-electron chi connectivity index (χ3n) is 7.25. The SMILES string of the molecule is CN1C(=O)CC(Nc2ccc(F)cc2C(F)(F)F)C2=C1CN(c1cnn(C3CCCCO3)c(=O)c1Cl)CC2. The second kappa shape index (κ2) is 10.2. The summed E-state index contributed by atoms with van der Waals surface area (Å²) in [7, 11) is 1.61. The number of hydrogen-bond acceptors (Lipinski definition) is 6. The molecule has 1 aromatic heterocycles. The Morgan fingerprint density at radius 3 is 2.71 bits per heavy atom. The minimum absolute atomic E-state index is 0.0150. The van der Waals surface area contributed by atoms with Crippen LogP contribution in [0.1, 0.15) is 43.9 Å². The van der Waals surface area contributed by atoms with Gasteiger partial charge >= 0.3 is 6.18 Å². The summed E-state index contributed by atoms with van der Waals surface area (Å²) in [5, 5.41) is 7.11. The molecule has 5 rings (SSSR count). The Labute approximate surface area is 220 Å². The van der Waals surface area contributed by atoms with E-state index in [2.05, 4.69) is 10.4 Å². The average molecular weight is 556 g/mol. The number of aromatic nitrogens is 2. The van der Waals surface area contributed by atoms with Gasteiger partial charge in [-0.2, -0.15) is 23.0 Å². The van der Waals surface area contributed by atoms with Crippen molar-refractivity contribution in [2.75, 3.05) is 37.0 Å². The van der Waals surface area contributed by atoms with Crippen molar-refractivity contribution in [2.45, 2.75) is 50.6 Å². The number of benzene rings is 1. The number of nitrogens with zero attached hydrogens (tertiary/aromatic N) is 4. The van der Waals surface area contributed by atoms with Crippen LogP contribution in [0.15, 0.2) is 40.5 Å². The molecule has 2 atom stereocenters. The lowest BCUT2D eigenvalue weighted by Crippen LogP contribution is -2.48. The lowest BCUT2D eigenvalue weighted by atomic mass is 9.90. The Balaban J connectivity index is 1.43. The van der Waals surface area contributed by atoms with Crippen molar-refractivity contribution in [1.29, 1.82) is 0 Å². The van der Waals surface area contributed by atoms with Crippen LogP contribution in [0, 0.1) is 5.82 Å². The van der Waals surface area contributed by atoms with E-state index >= 15 is 0 Å². The van der Waals surface area contributed by atoms with Gasteiger partial charge in [0.2, 0.25) is 5.91 Å². The summed E-state index contributed by atoms with van der Waals surface area (Å²) >= 11 is 6.48. The highest BCUT2D eigenvalue weighted by Gasteiger charge is 2.38. The first-order valence-electron chi connectivity index (χ1n) is 12.3. The van der Waals surface area contributed by atoms with Crippen LogP contribution in [-0.2, 0) is 15.7 Å². The van der Waals surface area contributed by atoms with Gasteiger partial charge in [-0.3, -0.25) is 9.59 Å². The molecule has 0 radical (unpaired) electrons. The number of likely N-dealkylation sites (N-methyl/N-ethyl adjacent to an activating group) is 1. The Kier molecular flexibility index (Phi) is 7.12. The molecule has 0 bridgehead atoms.